The summed E-state index contributed by atoms with van der Waals surface area (Å²) in [4.78, 5) is 11.6. The fraction of sp³-hybridized carbons (Fsp3) is 0.462. The van der Waals surface area contributed by atoms with E-state index in [2.05, 4.69) is 12.2 Å². The molecule has 2 rings (SSSR count). The van der Waals surface area contributed by atoms with E-state index in [0.29, 0.717) is 16.5 Å². The average Bonchev–Trinajstić information content (AvgIpc) is 2.74. The second-order valence-corrected chi connectivity index (χ2v) is 5.78. The van der Waals surface area contributed by atoms with Gasteiger partial charge in [0, 0.05) is 11.3 Å². The van der Waals surface area contributed by atoms with Gasteiger partial charge >= 0.3 is 5.97 Å². The van der Waals surface area contributed by atoms with Crippen molar-refractivity contribution in [2.45, 2.75) is 24.6 Å². The van der Waals surface area contributed by atoms with Gasteiger partial charge in [0.05, 0.1) is 18.4 Å². The van der Waals surface area contributed by atoms with E-state index in [9.17, 15) is 9.18 Å². The molecule has 0 saturated carbocycles. The summed E-state index contributed by atoms with van der Waals surface area (Å²) in [7, 11) is 1.32. The van der Waals surface area contributed by atoms with Gasteiger partial charge in [0.25, 0.3) is 0 Å². The Bertz CT molecular complexity index is 453. The van der Waals surface area contributed by atoms with Crippen LogP contribution in [0.15, 0.2) is 18.2 Å². The lowest BCUT2D eigenvalue weighted by Crippen LogP contribution is -2.26. The molecule has 1 saturated heterocycles. The van der Waals surface area contributed by atoms with Crippen molar-refractivity contribution in [2.75, 3.05) is 18.2 Å². The number of benzene rings is 1. The van der Waals surface area contributed by atoms with Gasteiger partial charge in [-0.05, 0) is 30.4 Å². The summed E-state index contributed by atoms with van der Waals surface area (Å²) < 4.78 is 18.0. The molecule has 2 atom stereocenters. The SMILES string of the molecule is COC(=O)c1ccc(F)cc1NC1CCSC1C. The Balaban J connectivity index is 2.24. The fourth-order valence-electron chi connectivity index (χ4n) is 2.04. The number of thioether (sulfide) groups is 1. The van der Waals surface area contributed by atoms with E-state index >= 15 is 0 Å². The maximum atomic E-state index is 13.3. The number of hydrogen-bond donors (Lipinski definition) is 1. The molecule has 0 amide bonds. The highest BCUT2D eigenvalue weighted by molar-refractivity contribution is 8.00. The third-order valence-electron chi connectivity index (χ3n) is 3.10. The molecule has 1 N–H and O–H groups in total. The summed E-state index contributed by atoms with van der Waals surface area (Å²) in [5.74, 6) is 0.279. The highest BCUT2D eigenvalue weighted by Gasteiger charge is 2.25. The van der Waals surface area contributed by atoms with Crippen molar-refractivity contribution in [3.8, 4) is 0 Å². The lowest BCUT2D eigenvalue weighted by atomic mass is 10.1. The van der Waals surface area contributed by atoms with E-state index < -0.39 is 5.97 Å². The first-order chi connectivity index (χ1) is 8.61. The number of hydrogen-bond acceptors (Lipinski definition) is 4. The monoisotopic (exact) mass is 269 g/mol. The summed E-state index contributed by atoms with van der Waals surface area (Å²) >= 11 is 1.88. The lowest BCUT2D eigenvalue weighted by molar-refractivity contribution is 0.0601. The van der Waals surface area contributed by atoms with Crippen LogP contribution >= 0.6 is 11.8 Å². The summed E-state index contributed by atoms with van der Waals surface area (Å²) in [6, 6.07) is 4.34. The van der Waals surface area contributed by atoms with Crippen LogP contribution in [0.3, 0.4) is 0 Å². The van der Waals surface area contributed by atoms with E-state index in [4.69, 9.17) is 4.74 Å². The van der Waals surface area contributed by atoms with Gasteiger partial charge in [-0.1, -0.05) is 6.92 Å². The molecule has 0 aromatic heterocycles. The van der Waals surface area contributed by atoms with Crippen molar-refractivity contribution in [1.82, 2.24) is 0 Å². The largest absolute Gasteiger partial charge is 0.465 e. The number of esters is 1. The molecule has 0 spiro atoms. The number of ether oxygens (including phenoxy) is 1. The van der Waals surface area contributed by atoms with E-state index in [0.717, 1.165) is 12.2 Å². The second-order valence-electron chi connectivity index (χ2n) is 4.30. The van der Waals surface area contributed by atoms with Crippen LogP contribution in [0.5, 0.6) is 0 Å². The van der Waals surface area contributed by atoms with Crippen LogP contribution in [0.4, 0.5) is 10.1 Å². The molecule has 1 fully saturated rings. The first kappa shape index (κ1) is 13.2. The summed E-state index contributed by atoms with van der Waals surface area (Å²) in [5.41, 5.74) is 0.893. The molecule has 2 unspecified atom stereocenters. The van der Waals surface area contributed by atoms with Gasteiger partial charge in [-0.3, -0.25) is 0 Å². The van der Waals surface area contributed by atoms with Crippen LogP contribution in [-0.4, -0.2) is 30.1 Å². The molecule has 18 heavy (non-hydrogen) atoms. The van der Waals surface area contributed by atoms with E-state index in [1.807, 2.05) is 11.8 Å². The quantitative estimate of drug-likeness (QED) is 0.856. The number of nitrogens with one attached hydrogen (secondary N) is 1. The Hall–Kier alpha value is -1.23. The number of halogens is 1. The molecule has 5 heteroatoms. The zero-order valence-corrected chi connectivity index (χ0v) is 11.2. The second kappa shape index (κ2) is 5.61. The van der Waals surface area contributed by atoms with Crippen molar-refractivity contribution >= 4 is 23.4 Å². The highest BCUT2D eigenvalue weighted by atomic mass is 32.2. The standard InChI is InChI=1S/C13H16FNO2S/c1-8-11(5-6-18-8)15-12-7-9(14)3-4-10(12)13(16)17-2/h3-4,7-8,11,15H,5-6H2,1-2H3. The van der Waals surface area contributed by atoms with Crippen LogP contribution in [0, 0.1) is 5.82 Å². The smallest absolute Gasteiger partial charge is 0.339 e. The molecule has 1 aromatic carbocycles. The van der Waals surface area contributed by atoms with E-state index in [1.54, 1.807) is 0 Å². The predicted molar refractivity (Wildman–Crippen MR) is 71.7 cm³/mol. The predicted octanol–water partition coefficient (Wildman–Crippen LogP) is 2.92. The van der Waals surface area contributed by atoms with E-state index in [-0.39, 0.29) is 11.9 Å². The van der Waals surface area contributed by atoms with Crippen LogP contribution in [-0.2, 0) is 4.74 Å². The third-order valence-corrected chi connectivity index (χ3v) is 4.43. The van der Waals surface area contributed by atoms with Crippen LogP contribution in [0.1, 0.15) is 23.7 Å². The molecule has 1 aromatic rings. The molecule has 0 radical (unpaired) electrons. The Morgan fingerprint density at radius 1 is 1.56 bits per heavy atom. The first-order valence-electron chi connectivity index (χ1n) is 5.88. The Morgan fingerprint density at radius 2 is 2.33 bits per heavy atom. The number of anilines is 1. The number of carbonyl (C=O) groups excluding carboxylic acids is 1. The van der Waals surface area contributed by atoms with Crippen molar-refractivity contribution in [3.05, 3.63) is 29.6 Å². The minimum absolute atomic E-state index is 0.264. The van der Waals surface area contributed by atoms with Gasteiger partial charge in [-0.2, -0.15) is 11.8 Å². The van der Waals surface area contributed by atoms with Crippen molar-refractivity contribution in [2.24, 2.45) is 0 Å². The van der Waals surface area contributed by atoms with Crippen LogP contribution in [0.25, 0.3) is 0 Å². The summed E-state index contributed by atoms with van der Waals surface area (Å²) in [5, 5.41) is 3.71. The van der Waals surface area contributed by atoms with Gasteiger partial charge in [-0.15, -0.1) is 0 Å². The molecule has 98 valence electrons. The summed E-state index contributed by atoms with van der Waals surface area (Å²) in [6.45, 7) is 2.13. The van der Waals surface area contributed by atoms with Crippen molar-refractivity contribution in [1.29, 1.82) is 0 Å². The third kappa shape index (κ3) is 2.77. The van der Waals surface area contributed by atoms with Crippen LogP contribution < -0.4 is 5.32 Å². The van der Waals surface area contributed by atoms with Gasteiger partial charge in [0.15, 0.2) is 0 Å². The molecular weight excluding hydrogens is 253 g/mol. The maximum absolute atomic E-state index is 13.3. The van der Waals surface area contributed by atoms with Crippen LogP contribution in [0.2, 0.25) is 0 Å². The zero-order chi connectivity index (χ0) is 13.1. The Labute approximate surface area is 110 Å². The van der Waals surface area contributed by atoms with E-state index in [1.165, 1.54) is 25.3 Å². The molecule has 1 aliphatic heterocycles. The first-order valence-corrected chi connectivity index (χ1v) is 6.92. The molecule has 1 aliphatic rings. The molecular formula is C13H16FNO2S. The average molecular weight is 269 g/mol. The lowest BCUT2D eigenvalue weighted by Gasteiger charge is -2.19. The van der Waals surface area contributed by atoms with Gasteiger partial charge in [-0.25, -0.2) is 9.18 Å². The zero-order valence-electron chi connectivity index (χ0n) is 10.4. The van der Waals surface area contributed by atoms with Crippen molar-refractivity contribution in [3.63, 3.8) is 0 Å². The van der Waals surface area contributed by atoms with Gasteiger partial charge < -0.3 is 10.1 Å². The fourth-order valence-corrected chi connectivity index (χ4v) is 3.24. The molecule has 1 heterocycles. The number of rotatable bonds is 3. The summed E-state index contributed by atoms with van der Waals surface area (Å²) in [6.07, 6.45) is 1.02. The topological polar surface area (TPSA) is 38.3 Å². The van der Waals surface area contributed by atoms with Crippen molar-refractivity contribution < 1.29 is 13.9 Å². The highest BCUT2D eigenvalue weighted by Crippen LogP contribution is 2.30. The Morgan fingerprint density at radius 3 is 2.94 bits per heavy atom. The minimum atomic E-state index is -0.448. The molecule has 3 nitrogen and oxygen atoms in total. The minimum Gasteiger partial charge on any atom is -0.465 e. The maximum Gasteiger partial charge on any atom is 0.339 e. The Kier molecular flexibility index (Phi) is 4.11. The molecule has 0 bridgehead atoms. The van der Waals surface area contributed by atoms with Gasteiger partial charge in [0.1, 0.15) is 5.82 Å². The van der Waals surface area contributed by atoms with Gasteiger partial charge in [0.2, 0.25) is 0 Å². The normalized spacial score (nSPS) is 22.8. The number of carbonyl (C=O) groups is 1. The number of methoxy groups -OCH3 is 1. The molecule has 0 aliphatic carbocycles.